The number of amides is 1. The van der Waals surface area contributed by atoms with Gasteiger partial charge in [0.05, 0.1) is 0 Å². The van der Waals surface area contributed by atoms with Gasteiger partial charge < -0.3 is 5.32 Å². The van der Waals surface area contributed by atoms with E-state index in [1.165, 1.54) is 25.7 Å². The molecule has 2 aliphatic carbocycles. The van der Waals surface area contributed by atoms with Gasteiger partial charge in [-0.1, -0.05) is 6.07 Å². The SMILES string of the molecule is O=C(NCC(C1CC1)C1CC1)c1cccc(Br)n1. The number of carbonyl (C=O) groups excluding carboxylic acids is 1. The molecule has 3 nitrogen and oxygen atoms in total. The zero-order valence-electron chi connectivity index (χ0n) is 10.2. The molecule has 4 heteroatoms. The predicted octanol–water partition coefficient (Wildman–Crippen LogP) is 3.01. The van der Waals surface area contributed by atoms with Crippen molar-refractivity contribution >= 4 is 21.8 Å². The number of nitrogens with zero attached hydrogens (tertiary/aromatic N) is 1. The highest BCUT2D eigenvalue weighted by Crippen LogP contribution is 2.48. The third-order valence-corrected chi connectivity index (χ3v) is 4.34. The summed E-state index contributed by atoms with van der Waals surface area (Å²) in [6.07, 6.45) is 5.41. The molecule has 0 bridgehead atoms. The third kappa shape index (κ3) is 2.91. The van der Waals surface area contributed by atoms with Crippen LogP contribution >= 0.6 is 15.9 Å². The van der Waals surface area contributed by atoms with Crippen LogP contribution in [-0.4, -0.2) is 17.4 Å². The van der Waals surface area contributed by atoms with Crippen molar-refractivity contribution in [2.24, 2.45) is 17.8 Å². The molecule has 2 fully saturated rings. The summed E-state index contributed by atoms with van der Waals surface area (Å²) in [5.74, 6) is 2.39. The summed E-state index contributed by atoms with van der Waals surface area (Å²) >= 11 is 3.29. The molecule has 18 heavy (non-hydrogen) atoms. The van der Waals surface area contributed by atoms with Crippen molar-refractivity contribution in [2.45, 2.75) is 25.7 Å². The lowest BCUT2D eigenvalue weighted by Crippen LogP contribution is -2.31. The van der Waals surface area contributed by atoms with Gasteiger partial charge in [-0.3, -0.25) is 4.79 Å². The fraction of sp³-hybridized carbons (Fsp3) is 0.571. The smallest absolute Gasteiger partial charge is 0.269 e. The average Bonchev–Trinajstić information content (AvgIpc) is 3.23. The predicted molar refractivity (Wildman–Crippen MR) is 73.2 cm³/mol. The Hall–Kier alpha value is -0.900. The molecule has 0 aliphatic heterocycles. The van der Waals surface area contributed by atoms with Crippen molar-refractivity contribution in [1.29, 1.82) is 0 Å². The van der Waals surface area contributed by atoms with Gasteiger partial charge in [-0.15, -0.1) is 0 Å². The van der Waals surface area contributed by atoms with Gasteiger partial charge >= 0.3 is 0 Å². The molecule has 2 aliphatic rings. The summed E-state index contributed by atoms with van der Waals surface area (Å²) in [6, 6.07) is 5.42. The maximum atomic E-state index is 12.0. The fourth-order valence-corrected chi connectivity index (χ4v) is 2.95. The second-order valence-corrected chi connectivity index (χ2v) is 6.21. The Morgan fingerprint density at radius 1 is 1.33 bits per heavy atom. The van der Waals surface area contributed by atoms with Gasteiger partial charge in [-0.2, -0.15) is 0 Å². The Morgan fingerprint density at radius 2 is 2.00 bits per heavy atom. The van der Waals surface area contributed by atoms with Crippen LogP contribution < -0.4 is 5.32 Å². The van der Waals surface area contributed by atoms with Crippen LogP contribution in [0.3, 0.4) is 0 Å². The molecule has 1 N–H and O–H groups in total. The summed E-state index contributed by atoms with van der Waals surface area (Å²) in [5.41, 5.74) is 0.495. The molecule has 1 aromatic heterocycles. The highest BCUT2D eigenvalue weighted by Gasteiger charge is 2.41. The fourth-order valence-electron chi connectivity index (χ4n) is 2.60. The Bertz CT molecular complexity index is 443. The van der Waals surface area contributed by atoms with Gasteiger partial charge in [0.15, 0.2) is 0 Å². The molecule has 1 amide bonds. The highest BCUT2D eigenvalue weighted by atomic mass is 79.9. The maximum Gasteiger partial charge on any atom is 0.269 e. The quantitative estimate of drug-likeness (QED) is 0.850. The first-order valence-electron chi connectivity index (χ1n) is 6.65. The van der Waals surface area contributed by atoms with E-state index in [4.69, 9.17) is 0 Å². The summed E-state index contributed by atoms with van der Waals surface area (Å²) in [4.78, 5) is 16.2. The summed E-state index contributed by atoms with van der Waals surface area (Å²) in [6.45, 7) is 0.822. The molecule has 0 unspecified atom stereocenters. The van der Waals surface area contributed by atoms with Gasteiger partial charge in [-0.05, 0) is 71.5 Å². The van der Waals surface area contributed by atoms with Gasteiger partial charge in [0.25, 0.3) is 5.91 Å². The number of rotatable bonds is 5. The minimum atomic E-state index is -0.0531. The summed E-state index contributed by atoms with van der Waals surface area (Å²) in [5, 5.41) is 3.05. The Kier molecular flexibility index (Phi) is 3.37. The van der Waals surface area contributed by atoms with E-state index in [0.29, 0.717) is 16.2 Å². The molecule has 0 radical (unpaired) electrons. The second-order valence-electron chi connectivity index (χ2n) is 5.39. The topological polar surface area (TPSA) is 42.0 Å². The number of nitrogens with one attached hydrogen (secondary N) is 1. The zero-order valence-corrected chi connectivity index (χ0v) is 11.8. The molecule has 1 heterocycles. The average molecular weight is 309 g/mol. The minimum Gasteiger partial charge on any atom is -0.350 e. The van der Waals surface area contributed by atoms with Crippen LogP contribution in [0.4, 0.5) is 0 Å². The lowest BCUT2D eigenvalue weighted by molar-refractivity contribution is 0.0938. The van der Waals surface area contributed by atoms with Crippen LogP contribution in [0, 0.1) is 17.8 Å². The molecule has 0 aromatic carbocycles. The number of hydrogen-bond donors (Lipinski definition) is 1. The first-order chi connectivity index (χ1) is 8.74. The highest BCUT2D eigenvalue weighted by molar-refractivity contribution is 9.10. The molecule has 96 valence electrons. The molecule has 1 aromatic rings. The maximum absolute atomic E-state index is 12.0. The Labute approximate surface area is 116 Å². The van der Waals surface area contributed by atoms with E-state index in [0.717, 1.165) is 18.4 Å². The van der Waals surface area contributed by atoms with E-state index in [1.54, 1.807) is 6.07 Å². The van der Waals surface area contributed by atoms with Crippen molar-refractivity contribution in [3.8, 4) is 0 Å². The first-order valence-corrected chi connectivity index (χ1v) is 7.44. The molecule has 0 atom stereocenters. The van der Waals surface area contributed by atoms with E-state index >= 15 is 0 Å². The Balaban J connectivity index is 1.57. The third-order valence-electron chi connectivity index (χ3n) is 3.90. The number of halogens is 1. The zero-order chi connectivity index (χ0) is 12.5. The van der Waals surface area contributed by atoms with Gasteiger partial charge in [0.2, 0.25) is 0 Å². The van der Waals surface area contributed by atoms with Gasteiger partial charge in [0, 0.05) is 6.54 Å². The normalized spacial score (nSPS) is 19.0. The van der Waals surface area contributed by atoms with E-state index in [9.17, 15) is 4.79 Å². The van der Waals surface area contributed by atoms with E-state index in [2.05, 4.69) is 26.2 Å². The second kappa shape index (κ2) is 5.00. The lowest BCUT2D eigenvalue weighted by Gasteiger charge is -2.15. The largest absolute Gasteiger partial charge is 0.350 e. The monoisotopic (exact) mass is 308 g/mol. The molecule has 0 spiro atoms. The number of hydrogen-bond acceptors (Lipinski definition) is 2. The molecule has 0 saturated heterocycles. The summed E-state index contributed by atoms with van der Waals surface area (Å²) in [7, 11) is 0. The lowest BCUT2D eigenvalue weighted by atomic mass is 9.98. The van der Waals surface area contributed by atoms with E-state index < -0.39 is 0 Å². The minimum absolute atomic E-state index is 0.0531. The molecule has 3 rings (SSSR count). The standard InChI is InChI=1S/C14H17BrN2O/c15-13-3-1-2-12(17-13)14(18)16-8-11(9-4-5-9)10-6-7-10/h1-3,9-11H,4-8H2,(H,16,18). The first kappa shape index (κ1) is 12.2. The van der Waals surface area contributed by atoms with Crippen molar-refractivity contribution in [3.63, 3.8) is 0 Å². The van der Waals surface area contributed by atoms with Crippen LogP contribution in [0.1, 0.15) is 36.2 Å². The number of aromatic nitrogens is 1. The number of pyridine rings is 1. The van der Waals surface area contributed by atoms with Crippen molar-refractivity contribution in [3.05, 3.63) is 28.5 Å². The number of carbonyl (C=O) groups is 1. The van der Waals surface area contributed by atoms with Crippen LogP contribution in [0.2, 0.25) is 0 Å². The van der Waals surface area contributed by atoms with E-state index in [1.807, 2.05) is 12.1 Å². The molecule has 2 saturated carbocycles. The van der Waals surface area contributed by atoms with Crippen LogP contribution in [-0.2, 0) is 0 Å². The molecular weight excluding hydrogens is 292 g/mol. The van der Waals surface area contributed by atoms with E-state index in [-0.39, 0.29) is 5.91 Å². The van der Waals surface area contributed by atoms with Crippen molar-refractivity contribution in [2.75, 3.05) is 6.54 Å². The van der Waals surface area contributed by atoms with Crippen molar-refractivity contribution in [1.82, 2.24) is 10.3 Å². The summed E-state index contributed by atoms with van der Waals surface area (Å²) < 4.78 is 0.705. The van der Waals surface area contributed by atoms with Crippen molar-refractivity contribution < 1.29 is 4.79 Å². The van der Waals surface area contributed by atoms with Gasteiger partial charge in [-0.25, -0.2) is 4.98 Å². The van der Waals surface area contributed by atoms with Gasteiger partial charge in [0.1, 0.15) is 10.3 Å². The van der Waals surface area contributed by atoms with Crippen LogP contribution in [0.25, 0.3) is 0 Å². The van der Waals surface area contributed by atoms with Crippen LogP contribution in [0.15, 0.2) is 22.8 Å². The molecular formula is C14H17BrN2O. The van der Waals surface area contributed by atoms with Crippen LogP contribution in [0.5, 0.6) is 0 Å². The Morgan fingerprint density at radius 3 is 2.56 bits per heavy atom.